The zero-order valence-electron chi connectivity index (χ0n) is 13.3. The fourth-order valence-electron chi connectivity index (χ4n) is 2.02. The van der Waals surface area contributed by atoms with Gasteiger partial charge in [0, 0.05) is 22.3 Å². The van der Waals surface area contributed by atoms with E-state index in [-0.39, 0.29) is 10.8 Å². The molecule has 0 saturated heterocycles. The molecule has 24 heavy (non-hydrogen) atoms. The summed E-state index contributed by atoms with van der Waals surface area (Å²) < 4.78 is 28.3. The molecule has 0 saturated carbocycles. The van der Waals surface area contributed by atoms with Crippen LogP contribution in [0.1, 0.15) is 30.1 Å². The first kappa shape index (κ1) is 18.5. The molecule has 7 heteroatoms. The standard InChI is InChI=1S/C17H19BrN2O3S/c1-2-3-11-19-17(21)13-5-4-6-16(12-13)24(22,23)20-15-9-7-14(18)8-10-15/h4-10,12,20H,2-3,11H2,1H3,(H,19,21). The van der Waals surface area contributed by atoms with Gasteiger partial charge in [-0.05, 0) is 48.9 Å². The van der Waals surface area contributed by atoms with Crippen LogP contribution in [0.25, 0.3) is 0 Å². The van der Waals surface area contributed by atoms with E-state index < -0.39 is 10.0 Å². The van der Waals surface area contributed by atoms with E-state index in [4.69, 9.17) is 0 Å². The Hall–Kier alpha value is -1.86. The van der Waals surface area contributed by atoms with Crippen LogP contribution in [0.4, 0.5) is 5.69 Å². The Morgan fingerprint density at radius 2 is 1.83 bits per heavy atom. The van der Waals surface area contributed by atoms with Crippen LogP contribution in [0.5, 0.6) is 0 Å². The Morgan fingerprint density at radius 1 is 1.12 bits per heavy atom. The maximum Gasteiger partial charge on any atom is 0.261 e. The van der Waals surface area contributed by atoms with Crippen LogP contribution in [0.3, 0.4) is 0 Å². The van der Waals surface area contributed by atoms with Crippen molar-refractivity contribution in [3.63, 3.8) is 0 Å². The van der Waals surface area contributed by atoms with Gasteiger partial charge in [-0.25, -0.2) is 8.42 Å². The molecule has 128 valence electrons. The molecular formula is C17H19BrN2O3S. The van der Waals surface area contributed by atoms with Gasteiger partial charge in [0.25, 0.3) is 15.9 Å². The lowest BCUT2D eigenvalue weighted by atomic mass is 10.2. The van der Waals surface area contributed by atoms with Gasteiger partial charge >= 0.3 is 0 Å². The summed E-state index contributed by atoms with van der Waals surface area (Å²) in [5.41, 5.74) is 0.779. The first-order valence-corrected chi connectivity index (χ1v) is 9.86. The molecule has 0 aliphatic carbocycles. The predicted octanol–water partition coefficient (Wildman–Crippen LogP) is 3.78. The van der Waals surface area contributed by atoms with Crippen LogP contribution >= 0.6 is 15.9 Å². The lowest BCUT2D eigenvalue weighted by Gasteiger charge is -2.10. The molecule has 0 heterocycles. The second kappa shape index (κ2) is 8.30. The zero-order valence-corrected chi connectivity index (χ0v) is 15.7. The van der Waals surface area contributed by atoms with Gasteiger partial charge in [0.05, 0.1) is 4.90 Å². The summed E-state index contributed by atoms with van der Waals surface area (Å²) in [6, 6.07) is 12.8. The van der Waals surface area contributed by atoms with Crippen molar-refractivity contribution in [1.29, 1.82) is 0 Å². The highest BCUT2D eigenvalue weighted by Gasteiger charge is 2.16. The Kier molecular flexibility index (Phi) is 6.39. The largest absolute Gasteiger partial charge is 0.352 e. The van der Waals surface area contributed by atoms with Gasteiger partial charge in [0.1, 0.15) is 0 Å². The molecule has 0 bridgehead atoms. The molecule has 2 aromatic carbocycles. The fourth-order valence-corrected chi connectivity index (χ4v) is 3.39. The van der Waals surface area contributed by atoms with Crippen molar-refractivity contribution in [2.45, 2.75) is 24.7 Å². The third-order valence-electron chi connectivity index (χ3n) is 3.32. The van der Waals surface area contributed by atoms with Crippen LogP contribution in [0.2, 0.25) is 0 Å². The number of anilines is 1. The Bertz CT molecular complexity index is 805. The molecule has 0 spiro atoms. The van der Waals surface area contributed by atoms with E-state index in [9.17, 15) is 13.2 Å². The van der Waals surface area contributed by atoms with E-state index in [0.717, 1.165) is 17.3 Å². The highest BCUT2D eigenvalue weighted by molar-refractivity contribution is 9.10. The molecule has 0 fully saturated rings. The molecule has 0 atom stereocenters. The molecule has 0 aromatic heterocycles. The minimum atomic E-state index is -3.75. The molecule has 2 N–H and O–H groups in total. The average molecular weight is 411 g/mol. The molecule has 0 unspecified atom stereocenters. The van der Waals surface area contributed by atoms with Crippen molar-refractivity contribution >= 4 is 37.5 Å². The second-order valence-corrected chi connectivity index (χ2v) is 7.85. The minimum absolute atomic E-state index is 0.0496. The maximum absolute atomic E-state index is 12.5. The van der Waals surface area contributed by atoms with Crippen LogP contribution in [-0.2, 0) is 10.0 Å². The lowest BCUT2D eigenvalue weighted by Crippen LogP contribution is -2.24. The van der Waals surface area contributed by atoms with Gasteiger partial charge in [0.15, 0.2) is 0 Å². The summed E-state index contributed by atoms with van der Waals surface area (Å²) in [7, 11) is -3.75. The second-order valence-electron chi connectivity index (χ2n) is 5.25. The Balaban J connectivity index is 2.17. The highest BCUT2D eigenvalue weighted by atomic mass is 79.9. The van der Waals surface area contributed by atoms with Crippen molar-refractivity contribution in [2.24, 2.45) is 0 Å². The van der Waals surface area contributed by atoms with Crippen LogP contribution in [0, 0.1) is 0 Å². The van der Waals surface area contributed by atoms with Crippen LogP contribution < -0.4 is 10.0 Å². The number of unbranched alkanes of at least 4 members (excludes halogenated alkanes) is 1. The van der Waals surface area contributed by atoms with Crippen molar-refractivity contribution < 1.29 is 13.2 Å². The smallest absolute Gasteiger partial charge is 0.261 e. The minimum Gasteiger partial charge on any atom is -0.352 e. The van der Waals surface area contributed by atoms with E-state index >= 15 is 0 Å². The number of nitrogens with one attached hydrogen (secondary N) is 2. The number of halogens is 1. The number of benzene rings is 2. The molecular weight excluding hydrogens is 392 g/mol. The summed E-state index contributed by atoms with van der Waals surface area (Å²) in [4.78, 5) is 12.1. The average Bonchev–Trinajstić information content (AvgIpc) is 2.57. The van der Waals surface area contributed by atoms with E-state index in [1.165, 1.54) is 12.1 Å². The molecule has 0 aliphatic rings. The van der Waals surface area contributed by atoms with E-state index in [0.29, 0.717) is 17.8 Å². The van der Waals surface area contributed by atoms with E-state index in [2.05, 4.69) is 26.0 Å². The number of carbonyl (C=O) groups is 1. The number of sulfonamides is 1. The quantitative estimate of drug-likeness (QED) is 0.681. The molecule has 5 nitrogen and oxygen atoms in total. The van der Waals surface area contributed by atoms with Crippen molar-refractivity contribution in [3.8, 4) is 0 Å². The zero-order chi connectivity index (χ0) is 17.6. The third-order valence-corrected chi connectivity index (χ3v) is 5.23. The summed E-state index contributed by atoms with van der Waals surface area (Å²) in [5, 5.41) is 2.78. The number of carbonyl (C=O) groups excluding carboxylic acids is 1. The van der Waals surface area contributed by atoms with Gasteiger partial charge in [0.2, 0.25) is 0 Å². The Morgan fingerprint density at radius 3 is 2.50 bits per heavy atom. The monoisotopic (exact) mass is 410 g/mol. The predicted molar refractivity (Wildman–Crippen MR) is 98.6 cm³/mol. The molecule has 2 rings (SSSR count). The van der Waals surface area contributed by atoms with Crippen molar-refractivity contribution in [2.75, 3.05) is 11.3 Å². The van der Waals surface area contributed by atoms with Crippen LogP contribution in [-0.4, -0.2) is 20.9 Å². The Labute approximate surface area is 150 Å². The van der Waals surface area contributed by atoms with Gasteiger partial charge in [-0.3, -0.25) is 9.52 Å². The summed E-state index contributed by atoms with van der Waals surface area (Å²) in [6.45, 7) is 2.61. The summed E-state index contributed by atoms with van der Waals surface area (Å²) in [5.74, 6) is -0.274. The van der Waals surface area contributed by atoms with Gasteiger partial charge in [-0.15, -0.1) is 0 Å². The SMILES string of the molecule is CCCCNC(=O)c1cccc(S(=O)(=O)Nc2ccc(Br)cc2)c1. The fraction of sp³-hybridized carbons (Fsp3) is 0.235. The first-order chi connectivity index (χ1) is 11.4. The number of hydrogen-bond acceptors (Lipinski definition) is 3. The van der Waals surface area contributed by atoms with E-state index in [1.807, 2.05) is 6.92 Å². The number of rotatable bonds is 7. The molecule has 2 aromatic rings. The molecule has 0 aliphatic heterocycles. The van der Waals surface area contributed by atoms with E-state index in [1.54, 1.807) is 36.4 Å². The summed E-state index contributed by atoms with van der Waals surface area (Å²) >= 11 is 3.30. The summed E-state index contributed by atoms with van der Waals surface area (Å²) in [6.07, 6.45) is 1.86. The van der Waals surface area contributed by atoms with Crippen molar-refractivity contribution in [1.82, 2.24) is 5.32 Å². The van der Waals surface area contributed by atoms with Gasteiger partial charge in [-0.1, -0.05) is 35.3 Å². The third kappa shape index (κ3) is 5.07. The topological polar surface area (TPSA) is 75.3 Å². The number of hydrogen-bond donors (Lipinski definition) is 2. The molecule has 0 radical (unpaired) electrons. The lowest BCUT2D eigenvalue weighted by molar-refractivity contribution is 0.0953. The molecule has 1 amide bonds. The van der Waals surface area contributed by atoms with Gasteiger partial charge < -0.3 is 5.32 Å². The number of amides is 1. The highest BCUT2D eigenvalue weighted by Crippen LogP contribution is 2.19. The van der Waals surface area contributed by atoms with Crippen LogP contribution in [0.15, 0.2) is 57.9 Å². The maximum atomic E-state index is 12.5. The normalized spacial score (nSPS) is 11.1. The van der Waals surface area contributed by atoms with Gasteiger partial charge in [-0.2, -0.15) is 0 Å². The van der Waals surface area contributed by atoms with Crippen molar-refractivity contribution in [3.05, 3.63) is 58.6 Å². The first-order valence-electron chi connectivity index (χ1n) is 7.59.